The molecule has 3 aromatic rings. The number of likely N-dealkylation sites (tertiary alicyclic amines) is 1. The SMILES string of the molecule is COc1ccc2ncc(Cl)c(CCCC3(C(=O)NO)CCN(CCSc4cccc(C)c4)CC3)c2c1. The Kier molecular flexibility index (Phi) is 9.12. The number of carbonyl (C=O) groups excluding carboxylic acids is 1. The van der Waals surface area contributed by atoms with E-state index in [1.54, 1.807) is 13.3 Å². The molecule has 36 heavy (non-hydrogen) atoms. The lowest BCUT2D eigenvalue weighted by Gasteiger charge is -2.40. The second-order valence-corrected chi connectivity index (χ2v) is 11.1. The number of benzene rings is 2. The average Bonchev–Trinajstić information content (AvgIpc) is 2.90. The van der Waals surface area contributed by atoms with Crippen LogP contribution in [0.25, 0.3) is 10.9 Å². The van der Waals surface area contributed by atoms with Gasteiger partial charge in [-0.15, -0.1) is 11.8 Å². The topological polar surface area (TPSA) is 74.7 Å². The number of hydroxylamine groups is 1. The number of ether oxygens (including phenoxy) is 1. The zero-order chi connectivity index (χ0) is 25.5. The summed E-state index contributed by atoms with van der Waals surface area (Å²) in [7, 11) is 1.64. The molecule has 4 rings (SSSR count). The Bertz CT molecular complexity index is 1200. The number of piperidine rings is 1. The summed E-state index contributed by atoms with van der Waals surface area (Å²) in [6.45, 7) is 4.79. The van der Waals surface area contributed by atoms with Gasteiger partial charge >= 0.3 is 0 Å². The molecule has 0 saturated carbocycles. The molecule has 192 valence electrons. The largest absolute Gasteiger partial charge is 0.497 e. The molecule has 0 spiro atoms. The second-order valence-electron chi connectivity index (χ2n) is 9.55. The summed E-state index contributed by atoms with van der Waals surface area (Å²) in [4.78, 5) is 20.9. The molecule has 0 radical (unpaired) electrons. The monoisotopic (exact) mass is 527 g/mol. The molecule has 1 aliphatic heterocycles. The smallest absolute Gasteiger partial charge is 0.249 e. The van der Waals surface area contributed by atoms with Crippen molar-refractivity contribution in [3.63, 3.8) is 0 Å². The summed E-state index contributed by atoms with van der Waals surface area (Å²) in [6, 6.07) is 14.4. The Hall–Kier alpha value is -2.32. The lowest BCUT2D eigenvalue weighted by atomic mass is 9.73. The third kappa shape index (κ3) is 6.32. The number of rotatable bonds is 10. The van der Waals surface area contributed by atoms with Crippen molar-refractivity contribution in [2.75, 3.05) is 32.5 Å². The molecule has 1 aliphatic rings. The van der Waals surface area contributed by atoms with E-state index < -0.39 is 5.41 Å². The Labute approximate surface area is 222 Å². The molecule has 0 bridgehead atoms. The van der Waals surface area contributed by atoms with Crippen molar-refractivity contribution >= 4 is 40.2 Å². The number of fused-ring (bicyclic) bond motifs is 1. The van der Waals surface area contributed by atoms with Gasteiger partial charge in [-0.05, 0) is 88.0 Å². The number of nitrogens with one attached hydrogen (secondary N) is 1. The van der Waals surface area contributed by atoms with Gasteiger partial charge in [-0.2, -0.15) is 0 Å². The fraction of sp³-hybridized carbons (Fsp3) is 0.429. The van der Waals surface area contributed by atoms with E-state index in [0.717, 1.165) is 73.3 Å². The van der Waals surface area contributed by atoms with Gasteiger partial charge < -0.3 is 9.64 Å². The highest BCUT2D eigenvalue weighted by atomic mass is 35.5. The maximum Gasteiger partial charge on any atom is 0.249 e. The number of pyridine rings is 1. The van der Waals surface area contributed by atoms with Gasteiger partial charge in [0.1, 0.15) is 5.75 Å². The molecule has 0 atom stereocenters. The standard InChI is InChI=1S/C28H34ClN3O3S/c1-20-5-3-6-22(17-20)36-16-15-32-13-11-28(12-14-32,27(33)31-34)10-4-7-23-24-18-21(35-2)8-9-26(24)30-19-25(23)29/h3,5-6,8-9,17-19,34H,4,7,10-16H2,1-2H3,(H,31,33). The van der Waals surface area contributed by atoms with Crippen molar-refractivity contribution in [3.05, 3.63) is 64.8 Å². The van der Waals surface area contributed by atoms with Crippen molar-refractivity contribution in [1.29, 1.82) is 0 Å². The second kappa shape index (κ2) is 12.3. The van der Waals surface area contributed by atoms with Gasteiger partial charge in [-0.25, -0.2) is 5.48 Å². The van der Waals surface area contributed by atoms with Crippen LogP contribution in [0.5, 0.6) is 5.75 Å². The van der Waals surface area contributed by atoms with Crippen LogP contribution in [0, 0.1) is 12.3 Å². The number of halogens is 1. The lowest BCUT2D eigenvalue weighted by molar-refractivity contribution is -0.143. The number of carbonyl (C=O) groups is 1. The Balaban J connectivity index is 1.35. The molecule has 8 heteroatoms. The summed E-state index contributed by atoms with van der Waals surface area (Å²) in [5.74, 6) is 1.50. The number of hydrogen-bond acceptors (Lipinski definition) is 6. The third-order valence-electron chi connectivity index (χ3n) is 7.28. The highest BCUT2D eigenvalue weighted by Gasteiger charge is 2.40. The molecule has 1 saturated heterocycles. The van der Waals surface area contributed by atoms with Crippen molar-refractivity contribution in [2.45, 2.75) is 43.9 Å². The highest BCUT2D eigenvalue weighted by Crippen LogP contribution is 2.38. The van der Waals surface area contributed by atoms with Gasteiger partial charge in [0.05, 0.1) is 23.1 Å². The normalized spacial score (nSPS) is 15.7. The van der Waals surface area contributed by atoms with Gasteiger partial charge in [0.25, 0.3) is 0 Å². The number of methoxy groups -OCH3 is 1. The predicted molar refractivity (Wildman–Crippen MR) is 146 cm³/mol. The van der Waals surface area contributed by atoms with E-state index in [1.807, 2.05) is 35.4 Å². The zero-order valence-corrected chi connectivity index (χ0v) is 22.5. The van der Waals surface area contributed by atoms with Gasteiger partial charge in [0.15, 0.2) is 0 Å². The van der Waals surface area contributed by atoms with E-state index in [4.69, 9.17) is 16.3 Å². The minimum Gasteiger partial charge on any atom is -0.497 e. The Morgan fingerprint density at radius 1 is 1.25 bits per heavy atom. The Morgan fingerprint density at radius 3 is 2.78 bits per heavy atom. The summed E-state index contributed by atoms with van der Waals surface area (Å²) in [5, 5.41) is 11.1. The van der Waals surface area contributed by atoms with E-state index in [1.165, 1.54) is 10.5 Å². The van der Waals surface area contributed by atoms with Crippen LogP contribution in [0.2, 0.25) is 5.02 Å². The molecular weight excluding hydrogens is 494 g/mol. The molecule has 0 aliphatic carbocycles. The molecule has 6 nitrogen and oxygen atoms in total. The van der Waals surface area contributed by atoms with Gasteiger partial charge in [-0.3, -0.25) is 15.0 Å². The summed E-state index contributed by atoms with van der Waals surface area (Å²) >= 11 is 8.40. The van der Waals surface area contributed by atoms with Crippen LogP contribution < -0.4 is 10.2 Å². The lowest BCUT2D eigenvalue weighted by Crippen LogP contribution is -2.48. The highest BCUT2D eigenvalue weighted by molar-refractivity contribution is 7.99. The van der Waals surface area contributed by atoms with Crippen molar-refractivity contribution in [3.8, 4) is 5.75 Å². The molecule has 2 N–H and O–H groups in total. The van der Waals surface area contributed by atoms with Crippen LogP contribution in [0.15, 0.2) is 53.6 Å². The number of hydrogen-bond donors (Lipinski definition) is 2. The Morgan fingerprint density at radius 2 is 2.06 bits per heavy atom. The molecule has 1 aromatic heterocycles. The molecule has 2 aromatic carbocycles. The van der Waals surface area contributed by atoms with Crippen molar-refractivity contribution in [2.24, 2.45) is 5.41 Å². The molecule has 1 fully saturated rings. The predicted octanol–water partition coefficient (Wildman–Crippen LogP) is 5.91. The van der Waals surface area contributed by atoms with E-state index in [9.17, 15) is 10.0 Å². The summed E-state index contributed by atoms with van der Waals surface area (Å²) < 4.78 is 5.39. The van der Waals surface area contributed by atoms with Crippen molar-refractivity contribution < 1.29 is 14.7 Å². The third-order valence-corrected chi connectivity index (χ3v) is 8.58. The van der Waals surface area contributed by atoms with E-state index >= 15 is 0 Å². The molecular formula is C28H34ClN3O3S. The molecule has 1 amide bonds. The van der Waals surface area contributed by atoms with Crippen LogP contribution in [0.1, 0.15) is 36.8 Å². The van der Waals surface area contributed by atoms with Crippen LogP contribution in [0.3, 0.4) is 0 Å². The van der Waals surface area contributed by atoms with Gasteiger partial charge in [-0.1, -0.05) is 29.3 Å². The average molecular weight is 528 g/mol. The fourth-order valence-electron chi connectivity index (χ4n) is 5.10. The minimum absolute atomic E-state index is 0.274. The maximum atomic E-state index is 12.8. The van der Waals surface area contributed by atoms with Crippen LogP contribution >= 0.6 is 23.4 Å². The number of aryl methyl sites for hydroxylation is 2. The number of aromatic nitrogens is 1. The van der Waals surface area contributed by atoms with Crippen LogP contribution in [-0.4, -0.2) is 53.5 Å². The van der Waals surface area contributed by atoms with Crippen LogP contribution in [0.4, 0.5) is 0 Å². The van der Waals surface area contributed by atoms with E-state index in [0.29, 0.717) is 11.4 Å². The first-order chi connectivity index (χ1) is 17.4. The van der Waals surface area contributed by atoms with Gasteiger partial charge in [0.2, 0.25) is 5.91 Å². The zero-order valence-electron chi connectivity index (χ0n) is 20.9. The molecule has 0 unspecified atom stereocenters. The first-order valence-electron chi connectivity index (χ1n) is 12.4. The quantitative estimate of drug-likeness (QED) is 0.194. The summed E-state index contributed by atoms with van der Waals surface area (Å²) in [5.41, 5.74) is 4.55. The number of nitrogens with zero attached hydrogens (tertiary/aromatic N) is 2. The first kappa shape index (κ1) is 26.7. The summed E-state index contributed by atoms with van der Waals surface area (Å²) in [6.07, 6.45) is 5.35. The van der Waals surface area contributed by atoms with Crippen molar-refractivity contribution in [1.82, 2.24) is 15.4 Å². The first-order valence-corrected chi connectivity index (χ1v) is 13.8. The minimum atomic E-state index is -0.568. The van der Waals surface area contributed by atoms with E-state index in [-0.39, 0.29) is 5.91 Å². The molecule has 2 heterocycles. The van der Waals surface area contributed by atoms with Crippen LogP contribution in [-0.2, 0) is 11.2 Å². The fourth-order valence-corrected chi connectivity index (χ4v) is 6.37. The number of amides is 1. The van der Waals surface area contributed by atoms with E-state index in [2.05, 4.69) is 41.1 Å². The number of thioether (sulfide) groups is 1. The van der Waals surface area contributed by atoms with Gasteiger partial charge in [0, 0.05) is 28.8 Å². The maximum absolute atomic E-state index is 12.8.